The molecule has 0 aromatic heterocycles. The van der Waals surface area contributed by atoms with Crippen LogP contribution >= 0.6 is 47.8 Å². The molecule has 0 unspecified atom stereocenters. The highest BCUT2D eigenvalue weighted by atomic mass is 79.9. The monoisotopic (exact) mass is 932 g/mol. The highest BCUT2D eigenvalue weighted by Crippen LogP contribution is 2.36. The SMILES string of the molecule is CC(C)C[C@@H](CO)Nc1ccc([N+](=O)[O-])cc1Br.CCC[C@@H](CO)Nc1ccc([N+](=O)[O-])cc1Br.O=[N+]([O-])c1ccc(NC2(CO)CCCC2)c(Br)c1. The molecule has 2 atom stereocenters. The van der Waals surface area contributed by atoms with E-state index in [0.717, 1.165) is 62.0 Å². The van der Waals surface area contributed by atoms with Crippen molar-refractivity contribution in [1.82, 2.24) is 0 Å². The zero-order chi connectivity index (χ0) is 39.7. The molecule has 18 heteroatoms. The van der Waals surface area contributed by atoms with Gasteiger partial charge in [-0.05, 0) is 97.6 Å². The number of hydrogen-bond acceptors (Lipinski definition) is 12. The Balaban J connectivity index is 0.000000275. The lowest BCUT2D eigenvalue weighted by Gasteiger charge is -2.29. The zero-order valence-electron chi connectivity index (χ0n) is 29.8. The van der Waals surface area contributed by atoms with E-state index in [9.17, 15) is 40.6 Å². The molecule has 1 aliphatic carbocycles. The highest BCUT2D eigenvalue weighted by molar-refractivity contribution is 9.11. The molecule has 1 saturated carbocycles. The molecule has 0 spiro atoms. The van der Waals surface area contributed by atoms with Gasteiger partial charge in [-0.25, -0.2) is 0 Å². The van der Waals surface area contributed by atoms with E-state index in [1.165, 1.54) is 36.4 Å². The Labute approximate surface area is 333 Å². The summed E-state index contributed by atoms with van der Waals surface area (Å²) in [6, 6.07) is 13.6. The van der Waals surface area contributed by atoms with Crippen molar-refractivity contribution in [2.45, 2.75) is 83.3 Å². The Bertz CT molecular complexity index is 1660. The second-order valence-corrected chi connectivity index (χ2v) is 15.6. The van der Waals surface area contributed by atoms with Crippen LogP contribution in [0.25, 0.3) is 0 Å². The molecule has 1 fully saturated rings. The number of aliphatic hydroxyl groups is 3. The summed E-state index contributed by atoms with van der Waals surface area (Å²) >= 11 is 9.89. The number of rotatable bonds is 16. The number of nitro groups is 3. The van der Waals surface area contributed by atoms with E-state index in [-0.39, 0.29) is 54.5 Å². The van der Waals surface area contributed by atoms with Gasteiger partial charge >= 0.3 is 0 Å². The van der Waals surface area contributed by atoms with Crippen molar-refractivity contribution in [2.75, 3.05) is 35.8 Å². The van der Waals surface area contributed by atoms with Crippen molar-refractivity contribution in [3.8, 4) is 0 Å². The molecule has 15 nitrogen and oxygen atoms in total. The lowest BCUT2D eigenvalue weighted by molar-refractivity contribution is -0.385. The van der Waals surface area contributed by atoms with E-state index in [2.05, 4.69) is 77.6 Å². The molecule has 3 aromatic rings. The second-order valence-electron chi connectivity index (χ2n) is 13.0. The average molecular weight is 936 g/mol. The number of hydrogen-bond donors (Lipinski definition) is 6. The fourth-order valence-electron chi connectivity index (χ4n) is 5.59. The minimum atomic E-state index is -0.440. The Morgan fingerprint density at radius 3 is 1.42 bits per heavy atom. The third-order valence-electron chi connectivity index (χ3n) is 8.31. The molecule has 0 bridgehead atoms. The van der Waals surface area contributed by atoms with Gasteiger partial charge in [-0.2, -0.15) is 0 Å². The number of nitro benzene ring substituents is 3. The number of halogens is 3. The van der Waals surface area contributed by atoms with Crippen molar-refractivity contribution >= 4 is 81.9 Å². The molecule has 0 heterocycles. The summed E-state index contributed by atoms with van der Waals surface area (Å²) in [4.78, 5) is 30.5. The number of benzene rings is 3. The Morgan fingerprint density at radius 2 is 1.09 bits per heavy atom. The molecule has 53 heavy (non-hydrogen) atoms. The highest BCUT2D eigenvalue weighted by Gasteiger charge is 2.33. The largest absolute Gasteiger partial charge is 0.394 e. The van der Waals surface area contributed by atoms with Gasteiger partial charge in [-0.1, -0.05) is 40.0 Å². The van der Waals surface area contributed by atoms with E-state index >= 15 is 0 Å². The third-order valence-corrected chi connectivity index (χ3v) is 10.3. The quantitative estimate of drug-likeness (QED) is 0.0584. The topological polar surface area (TPSA) is 226 Å². The van der Waals surface area contributed by atoms with Gasteiger partial charge in [-0.3, -0.25) is 30.3 Å². The first-order valence-electron chi connectivity index (χ1n) is 17.0. The van der Waals surface area contributed by atoms with Crippen LogP contribution in [0.1, 0.15) is 65.7 Å². The minimum absolute atomic E-state index is 0.0294. The smallest absolute Gasteiger partial charge is 0.270 e. The summed E-state index contributed by atoms with van der Waals surface area (Å²) in [6.45, 7) is 6.34. The van der Waals surface area contributed by atoms with Gasteiger partial charge in [0.2, 0.25) is 0 Å². The normalized spacial score (nSPS) is 14.2. The van der Waals surface area contributed by atoms with Crippen molar-refractivity contribution < 1.29 is 30.1 Å². The van der Waals surface area contributed by atoms with Crippen molar-refractivity contribution in [1.29, 1.82) is 0 Å². The van der Waals surface area contributed by atoms with Gasteiger partial charge in [0, 0.05) is 79.0 Å². The van der Waals surface area contributed by atoms with E-state index in [4.69, 9.17) is 5.11 Å². The fraction of sp³-hybridized carbons (Fsp3) is 0.486. The van der Waals surface area contributed by atoms with Crippen molar-refractivity contribution in [3.05, 3.63) is 98.4 Å². The standard InChI is InChI=1S/C12H15BrN2O3.C12H17BrN2O3.C11H15BrN2O3/c13-10-7-9(15(17)18)3-4-11(10)14-12(8-16)5-1-2-6-12;1-8(2)5-9(7-16)14-12-4-3-10(15(17)18)6-11(12)13;1-2-3-8(7-15)13-11-5-4-9(14(16)17)6-10(11)12/h3-4,7,14,16H,1-2,5-6,8H2;3-4,6,8-9,14,16H,5,7H2,1-2H3;4-6,8,13,15H,2-3,7H2,1H3/t;9-;8-/m.00/s1. The number of non-ortho nitro benzene ring substituents is 3. The number of anilines is 3. The predicted molar refractivity (Wildman–Crippen MR) is 218 cm³/mol. The lowest BCUT2D eigenvalue weighted by Crippen LogP contribution is -2.39. The molecule has 0 radical (unpaired) electrons. The Kier molecular flexibility index (Phi) is 19.6. The summed E-state index contributed by atoms with van der Waals surface area (Å²) in [5.41, 5.74) is 2.14. The first-order chi connectivity index (χ1) is 25.1. The van der Waals surface area contributed by atoms with E-state index in [0.29, 0.717) is 19.3 Å². The van der Waals surface area contributed by atoms with Gasteiger partial charge in [-0.15, -0.1) is 0 Å². The summed E-state index contributed by atoms with van der Waals surface area (Å²) in [5, 5.41) is 69.4. The van der Waals surface area contributed by atoms with Gasteiger partial charge in [0.1, 0.15) is 0 Å². The maximum absolute atomic E-state index is 10.7. The molecule has 6 N–H and O–H groups in total. The molecule has 0 saturated heterocycles. The van der Waals surface area contributed by atoms with Crippen LogP contribution in [-0.2, 0) is 0 Å². The summed E-state index contributed by atoms with van der Waals surface area (Å²) in [5.74, 6) is 0.464. The van der Waals surface area contributed by atoms with E-state index in [1.807, 2.05) is 6.92 Å². The van der Waals surface area contributed by atoms with Crippen LogP contribution in [0.3, 0.4) is 0 Å². The van der Waals surface area contributed by atoms with Crippen LogP contribution in [-0.4, -0.2) is 67.5 Å². The summed E-state index contributed by atoms with van der Waals surface area (Å²) in [6.07, 6.45) is 6.68. The summed E-state index contributed by atoms with van der Waals surface area (Å²) < 4.78 is 1.90. The van der Waals surface area contributed by atoms with Crippen LogP contribution in [0, 0.1) is 36.3 Å². The Hall–Kier alpha value is -3.42. The summed E-state index contributed by atoms with van der Waals surface area (Å²) in [7, 11) is 0. The molecular weight excluding hydrogens is 888 g/mol. The lowest BCUT2D eigenvalue weighted by atomic mass is 9.98. The number of nitrogens with one attached hydrogen (secondary N) is 3. The fourth-order valence-corrected chi connectivity index (χ4v) is 7.02. The van der Waals surface area contributed by atoms with Crippen LogP contribution in [0.4, 0.5) is 34.1 Å². The maximum Gasteiger partial charge on any atom is 0.270 e. The molecule has 0 amide bonds. The van der Waals surface area contributed by atoms with E-state index in [1.54, 1.807) is 18.2 Å². The first kappa shape index (κ1) is 45.7. The second kappa shape index (κ2) is 22.7. The minimum Gasteiger partial charge on any atom is -0.394 e. The predicted octanol–water partition coefficient (Wildman–Crippen LogP) is 9.18. The molecular formula is C35H47Br3N6O9. The zero-order valence-corrected chi connectivity index (χ0v) is 34.5. The van der Waals surface area contributed by atoms with Crippen LogP contribution in [0.15, 0.2) is 68.0 Å². The molecule has 1 aliphatic rings. The van der Waals surface area contributed by atoms with Crippen molar-refractivity contribution in [3.63, 3.8) is 0 Å². The van der Waals surface area contributed by atoms with E-state index < -0.39 is 14.8 Å². The van der Waals surface area contributed by atoms with Crippen LogP contribution in [0.2, 0.25) is 0 Å². The molecule has 292 valence electrons. The van der Waals surface area contributed by atoms with Crippen molar-refractivity contribution in [2.24, 2.45) is 5.92 Å². The number of aliphatic hydroxyl groups excluding tert-OH is 3. The molecule has 3 aromatic carbocycles. The molecule has 4 rings (SSSR count). The van der Waals surface area contributed by atoms with Crippen LogP contribution < -0.4 is 16.0 Å². The van der Waals surface area contributed by atoms with Gasteiger partial charge in [0.05, 0.1) is 40.1 Å². The Morgan fingerprint density at radius 1 is 0.698 bits per heavy atom. The molecule has 0 aliphatic heterocycles. The first-order valence-corrected chi connectivity index (χ1v) is 19.4. The van der Waals surface area contributed by atoms with Crippen LogP contribution in [0.5, 0.6) is 0 Å². The van der Waals surface area contributed by atoms with Gasteiger partial charge in [0.25, 0.3) is 17.1 Å². The van der Waals surface area contributed by atoms with Gasteiger partial charge < -0.3 is 31.3 Å². The average Bonchev–Trinajstić information content (AvgIpc) is 3.59. The number of nitrogens with zero attached hydrogens (tertiary/aromatic N) is 3. The van der Waals surface area contributed by atoms with Gasteiger partial charge in [0.15, 0.2) is 0 Å². The third kappa shape index (κ3) is 15.1. The maximum atomic E-state index is 10.7.